The Hall–Kier alpha value is -1.88. The van der Waals surface area contributed by atoms with Crippen molar-refractivity contribution in [3.63, 3.8) is 0 Å². The van der Waals surface area contributed by atoms with Gasteiger partial charge in [-0.1, -0.05) is 30.3 Å². The number of aryl methyl sites for hydroxylation is 1. The lowest BCUT2D eigenvalue weighted by Gasteiger charge is -2.51. The van der Waals surface area contributed by atoms with Crippen LogP contribution in [0, 0.1) is 5.41 Å². The van der Waals surface area contributed by atoms with E-state index in [2.05, 4.69) is 12.1 Å². The Labute approximate surface area is 174 Å². The molecule has 1 aromatic rings. The molecule has 0 radical (unpaired) electrons. The molecule has 3 fully saturated rings. The van der Waals surface area contributed by atoms with E-state index in [1.54, 1.807) is 0 Å². The number of ether oxygens (including phenoxy) is 1. The molecule has 1 unspecified atom stereocenters. The van der Waals surface area contributed by atoms with Gasteiger partial charge in [0.15, 0.2) is 0 Å². The van der Waals surface area contributed by atoms with Gasteiger partial charge in [0.2, 0.25) is 11.8 Å². The summed E-state index contributed by atoms with van der Waals surface area (Å²) in [5.41, 5.74) is 1.18. The fourth-order valence-electron chi connectivity index (χ4n) is 5.51. The van der Waals surface area contributed by atoms with E-state index in [1.165, 1.54) is 5.56 Å². The fraction of sp³-hybridized carbons (Fsp3) is 0.667. The second kappa shape index (κ2) is 9.29. The van der Waals surface area contributed by atoms with E-state index < -0.39 is 0 Å². The van der Waals surface area contributed by atoms with Crippen molar-refractivity contribution in [1.82, 2.24) is 9.80 Å². The van der Waals surface area contributed by atoms with Crippen LogP contribution in [-0.4, -0.2) is 60.5 Å². The molecular formula is C24H34N2O3. The molecule has 29 heavy (non-hydrogen) atoms. The molecule has 1 spiro atoms. The van der Waals surface area contributed by atoms with Crippen LogP contribution < -0.4 is 0 Å². The molecule has 5 nitrogen and oxygen atoms in total. The minimum Gasteiger partial charge on any atom is -0.381 e. The predicted molar refractivity (Wildman–Crippen MR) is 112 cm³/mol. The Balaban J connectivity index is 1.48. The highest BCUT2D eigenvalue weighted by atomic mass is 16.5. The normalized spacial score (nSPS) is 24.1. The highest BCUT2D eigenvalue weighted by Crippen LogP contribution is 2.45. The zero-order valence-electron chi connectivity index (χ0n) is 17.5. The third-order valence-electron chi connectivity index (χ3n) is 7.12. The van der Waals surface area contributed by atoms with Gasteiger partial charge in [-0.2, -0.15) is 0 Å². The van der Waals surface area contributed by atoms with Crippen LogP contribution in [-0.2, 0) is 20.7 Å². The average Bonchev–Trinajstić information content (AvgIpc) is 3.29. The summed E-state index contributed by atoms with van der Waals surface area (Å²) >= 11 is 0. The molecule has 1 atom stereocenters. The molecule has 3 saturated heterocycles. The first kappa shape index (κ1) is 20.4. The molecule has 0 saturated carbocycles. The Morgan fingerprint density at radius 3 is 2.41 bits per heavy atom. The maximum atomic E-state index is 13.6. The zero-order chi connectivity index (χ0) is 20.1. The van der Waals surface area contributed by atoms with E-state index in [4.69, 9.17) is 4.74 Å². The summed E-state index contributed by atoms with van der Waals surface area (Å²) in [5, 5.41) is 0. The van der Waals surface area contributed by atoms with Crippen LogP contribution in [0.3, 0.4) is 0 Å². The minimum absolute atomic E-state index is 0.0920. The van der Waals surface area contributed by atoms with Crippen molar-refractivity contribution in [2.24, 2.45) is 5.41 Å². The van der Waals surface area contributed by atoms with Gasteiger partial charge in [-0.05, 0) is 56.9 Å². The monoisotopic (exact) mass is 398 g/mol. The Kier molecular flexibility index (Phi) is 6.53. The number of piperidine rings is 1. The lowest BCUT2D eigenvalue weighted by molar-refractivity contribution is -0.160. The van der Waals surface area contributed by atoms with E-state index in [-0.39, 0.29) is 23.3 Å². The molecule has 3 aliphatic rings. The number of hydrogen-bond donors (Lipinski definition) is 0. The largest absolute Gasteiger partial charge is 0.381 e. The van der Waals surface area contributed by atoms with Crippen molar-refractivity contribution in [3.05, 3.63) is 35.9 Å². The van der Waals surface area contributed by atoms with Crippen molar-refractivity contribution in [1.29, 1.82) is 0 Å². The minimum atomic E-state index is -0.289. The van der Waals surface area contributed by atoms with E-state index in [0.29, 0.717) is 19.6 Å². The van der Waals surface area contributed by atoms with E-state index in [9.17, 15) is 9.59 Å². The van der Waals surface area contributed by atoms with Crippen molar-refractivity contribution in [2.75, 3.05) is 32.8 Å². The van der Waals surface area contributed by atoms with Crippen LogP contribution in [0.15, 0.2) is 30.3 Å². The second-order valence-corrected chi connectivity index (χ2v) is 8.94. The van der Waals surface area contributed by atoms with Gasteiger partial charge in [0.1, 0.15) is 6.04 Å². The number of benzene rings is 1. The molecule has 158 valence electrons. The first-order valence-electron chi connectivity index (χ1n) is 11.4. The molecule has 0 bridgehead atoms. The number of rotatable bonds is 5. The van der Waals surface area contributed by atoms with Gasteiger partial charge in [-0.25, -0.2) is 0 Å². The Bertz CT molecular complexity index is 688. The highest BCUT2D eigenvalue weighted by molar-refractivity contribution is 5.89. The van der Waals surface area contributed by atoms with E-state index in [1.807, 2.05) is 28.0 Å². The van der Waals surface area contributed by atoms with Gasteiger partial charge in [0, 0.05) is 44.7 Å². The van der Waals surface area contributed by atoms with Gasteiger partial charge in [0.25, 0.3) is 0 Å². The summed E-state index contributed by atoms with van der Waals surface area (Å²) in [5.74, 6) is 0.351. The van der Waals surface area contributed by atoms with Crippen LogP contribution in [0.25, 0.3) is 0 Å². The summed E-state index contributed by atoms with van der Waals surface area (Å²) in [6.45, 7) is 3.83. The summed E-state index contributed by atoms with van der Waals surface area (Å²) in [4.78, 5) is 30.8. The number of nitrogens with zero attached hydrogens (tertiary/aromatic N) is 2. The molecule has 2 amide bonds. The van der Waals surface area contributed by atoms with Crippen LogP contribution >= 0.6 is 0 Å². The first-order chi connectivity index (χ1) is 14.2. The third kappa shape index (κ3) is 4.50. The van der Waals surface area contributed by atoms with E-state index in [0.717, 1.165) is 71.0 Å². The second-order valence-electron chi connectivity index (χ2n) is 8.94. The number of likely N-dealkylation sites (tertiary alicyclic amines) is 2. The van der Waals surface area contributed by atoms with Gasteiger partial charge >= 0.3 is 0 Å². The molecule has 4 rings (SSSR count). The lowest BCUT2D eigenvalue weighted by Crippen LogP contribution is -2.62. The SMILES string of the molecule is O=C(C1N(C(=O)CCCc2ccccc2)CCCC12CCOCC2)N1CCCC1. The predicted octanol–water partition coefficient (Wildman–Crippen LogP) is 3.42. The maximum absolute atomic E-state index is 13.6. The summed E-state index contributed by atoms with van der Waals surface area (Å²) in [7, 11) is 0. The molecule has 5 heteroatoms. The molecule has 0 aromatic heterocycles. The standard InChI is InChI=1S/C24H34N2O3/c27-21(11-6-10-20-8-2-1-3-9-20)26-17-7-12-24(13-18-29-19-14-24)22(26)23(28)25-15-4-5-16-25/h1-3,8-9,22H,4-7,10-19H2. The maximum Gasteiger partial charge on any atom is 0.245 e. The van der Waals surface area contributed by atoms with Crippen LogP contribution in [0.2, 0.25) is 0 Å². The Morgan fingerprint density at radius 2 is 1.69 bits per heavy atom. The molecule has 0 aliphatic carbocycles. The van der Waals surface area contributed by atoms with Crippen molar-refractivity contribution in [3.8, 4) is 0 Å². The summed E-state index contributed by atoms with van der Waals surface area (Å²) in [6.07, 6.45) is 8.24. The molecular weight excluding hydrogens is 364 g/mol. The number of carbonyl (C=O) groups is 2. The average molecular weight is 399 g/mol. The fourth-order valence-corrected chi connectivity index (χ4v) is 5.51. The highest BCUT2D eigenvalue weighted by Gasteiger charge is 2.51. The van der Waals surface area contributed by atoms with Crippen LogP contribution in [0.5, 0.6) is 0 Å². The zero-order valence-corrected chi connectivity index (χ0v) is 17.5. The quantitative estimate of drug-likeness (QED) is 0.764. The molecule has 3 heterocycles. The van der Waals surface area contributed by atoms with Crippen molar-refractivity contribution >= 4 is 11.8 Å². The first-order valence-corrected chi connectivity index (χ1v) is 11.4. The molecule has 0 N–H and O–H groups in total. The van der Waals surface area contributed by atoms with Gasteiger partial charge in [-0.3, -0.25) is 9.59 Å². The number of carbonyl (C=O) groups excluding carboxylic acids is 2. The number of hydrogen-bond acceptors (Lipinski definition) is 3. The molecule has 3 aliphatic heterocycles. The Morgan fingerprint density at radius 1 is 0.966 bits per heavy atom. The van der Waals surface area contributed by atoms with Crippen molar-refractivity contribution in [2.45, 2.75) is 63.8 Å². The smallest absolute Gasteiger partial charge is 0.245 e. The summed E-state index contributed by atoms with van der Waals surface area (Å²) < 4.78 is 5.63. The van der Waals surface area contributed by atoms with Gasteiger partial charge in [-0.15, -0.1) is 0 Å². The third-order valence-corrected chi connectivity index (χ3v) is 7.12. The summed E-state index contributed by atoms with van der Waals surface area (Å²) in [6, 6.07) is 10.0. The van der Waals surface area contributed by atoms with Crippen LogP contribution in [0.4, 0.5) is 0 Å². The van der Waals surface area contributed by atoms with E-state index >= 15 is 0 Å². The van der Waals surface area contributed by atoms with Gasteiger partial charge < -0.3 is 14.5 Å². The number of amides is 2. The van der Waals surface area contributed by atoms with Gasteiger partial charge in [0.05, 0.1) is 0 Å². The lowest BCUT2D eigenvalue weighted by atomic mass is 9.67. The van der Waals surface area contributed by atoms with Crippen molar-refractivity contribution < 1.29 is 14.3 Å². The topological polar surface area (TPSA) is 49.9 Å². The van der Waals surface area contributed by atoms with Crippen LogP contribution in [0.1, 0.15) is 56.9 Å². The molecule has 1 aromatic carbocycles.